The van der Waals surface area contributed by atoms with Gasteiger partial charge in [0.25, 0.3) is 0 Å². The first kappa shape index (κ1) is 25.0. The number of rotatable bonds is 10. The number of carbonyl (C=O) groups is 1. The van der Waals surface area contributed by atoms with Crippen molar-refractivity contribution < 1.29 is 24.1 Å². The van der Waals surface area contributed by atoms with E-state index in [2.05, 4.69) is 41.2 Å². The summed E-state index contributed by atoms with van der Waals surface area (Å²) < 4.78 is 17.2. The molecule has 1 atom stereocenters. The Bertz CT molecular complexity index is 1290. The summed E-state index contributed by atoms with van der Waals surface area (Å²) in [5.41, 5.74) is 5.53. The summed E-state index contributed by atoms with van der Waals surface area (Å²) in [5, 5.41) is 13.9. The number of aromatic nitrogens is 1. The molecule has 2 aliphatic heterocycles. The van der Waals surface area contributed by atoms with Crippen LogP contribution >= 0.6 is 11.6 Å². The molecule has 0 aliphatic carbocycles. The standard InChI is InChI=1S/C28H30ClN3O5/c1-3-5-18-11-17(14-32-15-31-24-21(32)9-10-30-27(24)29)12-19(6-4-2)25(18)37-26(28(33)34)20-7-8-22-23(13-20)36-16-35-22/h7-13,26,31H,3-6,14-16H2,1-2H3,(H,33,34). The second-order valence-corrected chi connectivity index (χ2v) is 9.58. The quantitative estimate of drug-likeness (QED) is 0.314. The van der Waals surface area contributed by atoms with Crippen molar-refractivity contribution in [3.63, 3.8) is 0 Å². The largest absolute Gasteiger partial charge is 0.478 e. The highest BCUT2D eigenvalue weighted by atomic mass is 35.5. The molecule has 1 aromatic heterocycles. The number of nitrogens with one attached hydrogen (secondary N) is 1. The number of aliphatic carboxylic acids is 1. The summed E-state index contributed by atoms with van der Waals surface area (Å²) in [4.78, 5) is 18.7. The number of nitrogens with zero attached hydrogens (tertiary/aromatic N) is 2. The SMILES string of the molecule is CCCc1cc(CN2CNc3c2ccnc3Cl)cc(CCC)c1OC(C(=O)O)c1ccc2c(c1)OCO2. The third-order valence-corrected chi connectivity index (χ3v) is 6.83. The predicted molar refractivity (Wildman–Crippen MR) is 142 cm³/mol. The van der Waals surface area contributed by atoms with Crippen molar-refractivity contribution in [3.05, 3.63) is 70.0 Å². The zero-order valence-electron chi connectivity index (χ0n) is 20.9. The number of carboxylic acids is 1. The number of halogens is 1. The van der Waals surface area contributed by atoms with Gasteiger partial charge in [-0.05, 0) is 47.7 Å². The Morgan fingerprint density at radius 3 is 2.57 bits per heavy atom. The molecule has 3 heterocycles. The maximum absolute atomic E-state index is 12.4. The van der Waals surface area contributed by atoms with Gasteiger partial charge in [-0.25, -0.2) is 9.78 Å². The van der Waals surface area contributed by atoms with E-state index in [9.17, 15) is 9.90 Å². The number of hydrogen-bond acceptors (Lipinski definition) is 7. The molecule has 0 amide bonds. The van der Waals surface area contributed by atoms with Crippen molar-refractivity contribution in [1.29, 1.82) is 0 Å². The van der Waals surface area contributed by atoms with E-state index < -0.39 is 12.1 Å². The first-order valence-electron chi connectivity index (χ1n) is 12.6. The van der Waals surface area contributed by atoms with Crippen molar-refractivity contribution in [3.8, 4) is 17.2 Å². The van der Waals surface area contributed by atoms with Gasteiger partial charge >= 0.3 is 5.97 Å². The van der Waals surface area contributed by atoms with Crippen LogP contribution < -0.4 is 24.4 Å². The minimum Gasteiger partial charge on any atom is -0.478 e. The highest BCUT2D eigenvalue weighted by molar-refractivity contribution is 6.32. The first-order valence-corrected chi connectivity index (χ1v) is 12.9. The number of pyridine rings is 1. The number of benzene rings is 2. The smallest absolute Gasteiger partial charge is 0.349 e. The van der Waals surface area contributed by atoms with E-state index in [4.69, 9.17) is 25.8 Å². The molecule has 3 aromatic rings. The van der Waals surface area contributed by atoms with Crippen molar-refractivity contribution in [2.75, 3.05) is 23.7 Å². The van der Waals surface area contributed by atoms with E-state index in [0.717, 1.165) is 53.7 Å². The molecule has 0 saturated heterocycles. The van der Waals surface area contributed by atoms with Crippen molar-refractivity contribution in [2.24, 2.45) is 0 Å². The summed E-state index contributed by atoms with van der Waals surface area (Å²) in [5.74, 6) is 0.730. The number of carboxylic acid groups (broad SMARTS) is 1. The molecule has 37 heavy (non-hydrogen) atoms. The number of aryl methyl sites for hydroxylation is 2. The van der Waals surface area contributed by atoms with Crippen LogP contribution in [0.2, 0.25) is 5.15 Å². The Morgan fingerprint density at radius 2 is 1.86 bits per heavy atom. The van der Waals surface area contributed by atoms with Gasteiger partial charge in [0, 0.05) is 18.3 Å². The maximum Gasteiger partial charge on any atom is 0.349 e. The number of hydrogen-bond donors (Lipinski definition) is 2. The summed E-state index contributed by atoms with van der Waals surface area (Å²) in [6.07, 6.45) is 3.91. The Balaban J connectivity index is 1.48. The summed E-state index contributed by atoms with van der Waals surface area (Å²) in [6, 6.07) is 11.4. The van der Waals surface area contributed by atoms with Crippen molar-refractivity contribution in [2.45, 2.75) is 52.2 Å². The monoisotopic (exact) mass is 523 g/mol. The Kier molecular flexibility index (Phi) is 7.28. The Labute approximate surface area is 221 Å². The second kappa shape index (κ2) is 10.8. The van der Waals surface area contributed by atoms with Crippen molar-refractivity contribution >= 4 is 28.9 Å². The highest BCUT2D eigenvalue weighted by Gasteiger charge is 2.28. The zero-order valence-corrected chi connectivity index (χ0v) is 21.7. The molecule has 1 unspecified atom stereocenters. The van der Waals surface area contributed by atoms with Crippen LogP contribution in [0, 0.1) is 0 Å². The average Bonchev–Trinajstić information content (AvgIpc) is 3.51. The minimum absolute atomic E-state index is 0.125. The fraction of sp³-hybridized carbons (Fsp3) is 0.357. The third-order valence-electron chi connectivity index (χ3n) is 6.54. The van der Waals surface area contributed by atoms with Crippen LogP contribution in [0.5, 0.6) is 17.2 Å². The molecule has 0 saturated carbocycles. The molecule has 8 nitrogen and oxygen atoms in total. The lowest BCUT2D eigenvalue weighted by Gasteiger charge is -2.24. The molecule has 2 aromatic carbocycles. The summed E-state index contributed by atoms with van der Waals surface area (Å²) in [6.45, 7) is 5.66. The third kappa shape index (κ3) is 5.11. The van der Waals surface area contributed by atoms with Crippen LogP contribution in [0.3, 0.4) is 0 Å². The molecule has 2 N–H and O–H groups in total. The highest BCUT2D eigenvalue weighted by Crippen LogP contribution is 2.39. The van der Waals surface area contributed by atoms with Gasteiger partial charge in [-0.2, -0.15) is 0 Å². The van der Waals surface area contributed by atoms with E-state index in [-0.39, 0.29) is 6.79 Å². The van der Waals surface area contributed by atoms with Gasteiger partial charge in [0.1, 0.15) is 5.75 Å². The number of fused-ring (bicyclic) bond motifs is 2. The second-order valence-electron chi connectivity index (χ2n) is 9.22. The van der Waals surface area contributed by atoms with E-state index in [1.165, 1.54) is 0 Å². The van der Waals surface area contributed by atoms with E-state index >= 15 is 0 Å². The van der Waals surface area contributed by atoms with Gasteiger partial charge < -0.3 is 29.5 Å². The molecule has 0 fully saturated rings. The van der Waals surface area contributed by atoms with Crippen LogP contribution in [0.1, 0.15) is 55.0 Å². The van der Waals surface area contributed by atoms with Gasteiger partial charge in [-0.1, -0.05) is 56.5 Å². The fourth-order valence-corrected chi connectivity index (χ4v) is 5.13. The number of anilines is 2. The van der Waals surface area contributed by atoms with E-state index in [1.54, 1.807) is 24.4 Å². The van der Waals surface area contributed by atoms with E-state index in [0.29, 0.717) is 41.2 Å². The topological polar surface area (TPSA) is 93.2 Å². The fourth-order valence-electron chi connectivity index (χ4n) is 4.91. The minimum atomic E-state index is -1.17. The zero-order chi connectivity index (χ0) is 25.9. The predicted octanol–water partition coefficient (Wildman–Crippen LogP) is 5.96. The lowest BCUT2D eigenvalue weighted by Crippen LogP contribution is -2.23. The van der Waals surface area contributed by atoms with Crippen LogP contribution in [-0.4, -0.2) is 29.5 Å². The molecular formula is C28H30ClN3O5. The van der Waals surface area contributed by atoms with Gasteiger partial charge in [0.15, 0.2) is 16.7 Å². The lowest BCUT2D eigenvalue weighted by atomic mass is 9.97. The van der Waals surface area contributed by atoms with Crippen LogP contribution in [0.25, 0.3) is 0 Å². The van der Waals surface area contributed by atoms with Gasteiger partial charge in [0.2, 0.25) is 12.9 Å². The molecule has 0 bridgehead atoms. The summed E-state index contributed by atoms with van der Waals surface area (Å²) in [7, 11) is 0. The van der Waals surface area contributed by atoms with Gasteiger partial charge in [-0.15, -0.1) is 0 Å². The molecule has 194 valence electrons. The van der Waals surface area contributed by atoms with Crippen LogP contribution in [-0.2, 0) is 24.2 Å². The summed E-state index contributed by atoms with van der Waals surface area (Å²) >= 11 is 6.27. The Hall–Kier alpha value is -3.65. The molecular weight excluding hydrogens is 494 g/mol. The van der Waals surface area contributed by atoms with Gasteiger partial charge in [0.05, 0.1) is 18.0 Å². The lowest BCUT2D eigenvalue weighted by molar-refractivity contribution is -0.145. The van der Waals surface area contributed by atoms with Gasteiger partial charge in [-0.3, -0.25) is 0 Å². The molecule has 0 spiro atoms. The van der Waals surface area contributed by atoms with Crippen LogP contribution in [0.4, 0.5) is 11.4 Å². The van der Waals surface area contributed by atoms with E-state index in [1.807, 2.05) is 6.07 Å². The first-order chi connectivity index (χ1) is 18.0. The molecule has 9 heteroatoms. The Morgan fingerprint density at radius 1 is 1.14 bits per heavy atom. The molecule has 5 rings (SSSR count). The normalized spacial score (nSPS) is 14.3. The maximum atomic E-state index is 12.4. The average molecular weight is 524 g/mol. The number of ether oxygens (including phenoxy) is 3. The molecule has 0 radical (unpaired) electrons. The van der Waals surface area contributed by atoms with Crippen molar-refractivity contribution in [1.82, 2.24) is 4.98 Å². The molecule has 2 aliphatic rings. The van der Waals surface area contributed by atoms with Crippen LogP contribution in [0.15, 0.2) is 42.6 Å².